The lowest BCUT2D eigenvalue weighted by molar-refractivity contribution is 0.869. The van der Waals surface area contributed by atoms with Crippen LogP contribution in [0.15, 0.2) is 64.7 Å². The van der Waals surface area contributed by atoms with Crippen molar-refractivity contribution < 1.29 is 0 Å². The Hall–Kier alpha value is -2.86. The van der Waals surface area contributed by atoms with Crippen LogP contribution in [0.4, 0.5) is 0 Å². The fourth-order valence-corrected chi connectivity index (χ4v) is 3.88. The lowest BCUT2D eigenvalue weighted by atomic mass is 10.1. The van der Waals surface area contributed by atoms with Crippen LogP contribution in [-0.4, -0.2) is 19.7 Å². The molecule has 0 amide bonds. The summed E-state index contributed by atoms with van der Waals surface area (Å²) in [5.74, 6) is 0. The Morgan fingerprint density at radius 2 is 1.85 bits per heavy atom. The summed E-state index contributed by atoms with van der Waals surface area (Å²) < 4.78 is 1.73. The van der Waals surface area contributed by atoms with Gasteiger partial charge in [0, 0.05) is 5.25 Å². The van der Waals surface area contributed by atoms with Crippen molar-refractivity contribution in [2.75, 3.05) is 0 Å². The van der Waals surface area contributed by atoms with E-state index in [2.05, 4.69) is 55.1 Å². The molecular weight excluding hydrogens is 356 g/mol. The fraction of sp³-hybridized carbons (Fsp3) is 0.190. The SMILES string of the molecule is Cc1ccc(-n2ncc3c(=O)[nH]c(S[C@@H](C)c4ccccc4)nc32)cc1C. The molecule has 0 aliphatic rings. The third-order valence-corrected chi connectivity index (χ3v) is 5.75. The van der Waals surface area contributed by atoms with Crippen molar-refractivity contribution in [1.82, 2.24) is 19.7 Å². The van der Waals surface area contributed by atoms with Gasteiger partial charge in [0.1, 0.15) is 5.39 Å². The van der Waals surface area contributed by atoms with Crippen molar-refractivity contribution >= 4 is 22.8 Å². The van der Waals surface area contributed by atoms with Gasteiger partial charge in [-0.15, -0.1) is 0 Å². The maximum atomic E-state index is 12.5. The van der Waals surface area contributed by atoms with Gasteiger partial charge in [-0.3, -0.25) is 4.79 Å². The molecule has 1 atom stereocenters. The van der Waals surface area contributed by atoms with Gasteiger partial charge in [-0.25, -0.2) is 9.67 Å². The fourth-order valence-electron chi connectivity index (χ4n) is 2.96. The predicted molar refractivity (Wildman–Crippen MR) is 110 cm³/mol. The molecule has 1 N–H and O–H groups in total. The van der Waals surface area contributed by atoms with E-state index in [9.17, 15) is 4.79 Å². The third kappa shape index (κ3) is 3.40. The van der Waals surface area contributed by atoms with Gasteiger partial charge in [-0.1, -0.05) is 48.2 Å². The molecule has 0 spiro atoms. The smallest absolute Gasteiger partial charge is 0.262 e. The number of H-pyrrole nitrogens is 1. The molecule has 0 saturated carbocycles. The van der Waals surface area contributed by atoms with E-state index in [0.717, 1.165) is 5.69 Å². The molecule has 6 heteroatoms. The average Bonchev–Trinajstić information content (AvgIpc) is 3.09. The normalized spacial score (nSPS) is 12.4. The van der Waals surface area contributed by atoms with E-state index in [1.165, 1.54) is 28.5 Å². The monoisotopic (exact) mass is 376 g/mol. The number of fused-ring (bicyclic) bond motifs is 1. The summed E-state index contributed by atoms with van der Waals surface area (Å²) in [6.07, 6.45) is 1.57. The molecule has 4 aromatic rings. The van der Waals surface area contributed by atoms with Gasteiger partial charge in [0.15, 0.2) is 10.8 Å². The van der Waals surface area contributed by atoms with Gasteiger partial charge < -0.3 is 4.98 Å². The van der Waals surface area contributed by atoms with Crippen LogP contribution in [0.1, 0.15) is 28.9 Å². The number of hydrogen-bond donors (Lipinski definition) is 1. The van der Waals surface area contributed by atoms with E-state index in [-0.39, 0.29) is 10.8 Å². The van der Waals surface area contributed by atoms with Crippen molar-refractivity contribution in [2.45, 2.75) is 31.2 Å². The molecule has 4 rings (SSSR count). The molecule has 2 aromatic heterocycles. The molecule has 0 unspecified atom stereocenters. The second kappa shape index (κ2) is 7.04. The Kier molecular flexibility index (Phi) is 4.58. The van der Waals surface area contributed by atoms with Gasteiger partial charge in [-0.05, 0) is 49.6 Å². The topological polar surface area (TPSA) is 63.6 Å². The molecule has 0 aliphatic carbocycles. The Balaban J connectivity index is 1.76. The number of aromatic nitrogens is 4. The highest BCUT2D eigenvalue weighted by Gasteiger charge is 2.15. The standard InChI is InChI=1S/C21H20N4OS/c1-13-9-10-17(11-14(13)2)25-19-18(12-22-25)20(26)24-21(23-19)27-15(3)16-7-5-4-6-8-16/h4-12,15H,1-3H3,(H,23,24,26)/t15-/m0/s1. The minimum absolute atomic E-state index is 0.169. The molecular formula is C21H20N4OS. The van der Waals surface area contributed by atoms with Gasteiger partial charge in [-0.2, -0.15) is 5.10 Å². The van der Waals surface area contributed by atoms with E-state index >= 15 is 0 Å². The van der Waals surface area contributed by atoms with Crippen LogP contribution >= 0.6 is 11.8 Å². The zero-order valence-corrected chi connectivity index (χ0v) is 16.2. The minimum atomic E-state index is -0.169. The van der Waals surface area contributed by atoms with E-state index in [4.69, 9.17) is 4.98 Å². The molecule has 5 nitrogen and oxygen atoms in total. The summed E-state index contributed by atoms with van der Waals surface area (Å²) in [5.41, 5.74) is 4.89. The van der Waals surface area contributed by atoms with Crippen molar-refractivity contribution in [2.24, 2.45) is 0 Å². The van der Waals surface area contributed by atoms with Gasteiger partial charge in [0.2, 0.25) is 0 Å². The van der Waals surface area contributed by atoms with Gasteiger partial charge >= 0.3 is 0 Å². The van der Waals surface area contributed by atoms with Crippen LogP contribution < -0.4 is 5.56 Å². The third-order valence-electron chi connectivity index (χ3n) is 4.71. The summed E-state index contributed by atoms with van der Waals surface area (Å²) in [6.45, 7) is 6.24. The molecule has 0 bridgehead atoms. The lowest BCUT2D eigenvalue weighted by Gasteiger charge is -2.11. The summed E-state index contributed by atoms with van der Waals surface area (Å²) in [7, 11) is 0. The number of thioether (sulfide) groups is 1. The number of nitrogens with zero attached hydrogens (tertiary/aromatic N) is 3. The van der Waals surface area contributed by atoms with Crippen LogP contribution in [0.2, 0.25) is 0 Å². The molecule has 2 aromatic carbocycles. The van der Waals surface area contributed by atoms with Crippen molar-refractivity contribution in [1.29, 1.82) is 0 Å². The minimum Gasteiger partial charge on any atom is -0.301 e. The lowest BCUT2D eigenvalue weighted by Crippen LogP contribution is -2.10. The number of aryl methyl sites for hydroxylation is 2. The van der Waals surface area contributed by atoms with Crippen molar-refractivity contribution in [3.63, 3.8) is 0 Å². The number of rotatable bonds is 4. The highest BCUT2D eigenvalue weighted by atomic mass is 32.2. The van der Waals surface area contributed by atoms with Gasteiger partial charge in [0.25, 0.3) is 5.56 Å². The van der Waals surface area contributed by atoms with Gasteiger partial charge in [0.05, 0.1) is 11.9 Å². The molecule has 0 fully saturated rings. The first-order chi connectivity index (χ1) is 13.0. The molecule has 0 saturated heterocycles. The Morgan fingerprint density at radius 1 is 1.07 bits per heavy atom. The zero-order chi connectivity index (χ0) is 19.0. The molecule has 0 aliphatic heterocycles. The number of hydrogen-bond acceptors (Lipinski definition) is 4. The molecule has 136 valence electrons. The summed E-state index contributed by atoms with van der Waals surface area (Å²) in [4.78, 5) is 20.1. The number of nitrogens with one attached hydrogen (secondary N) is 1. The molecule has 2 heterocycles. The second-order valence-corrected chi connectivity index (χ2v) is 7.93. The van der Waals surface area contributed by atoms with Crippen molar-refractivity contribution in [3.05, 3.63) is 81.8 Å². The quantitative estimate of drug-likeness (QED) is 0.418. The Labute approximate surface area is 161 Å². The second-order valence-electron chi connectivity index (χ2n) is 6.60. The van der Waals surface area contributed by atoms with Crippen LogP contribution in [0, 0.1) is 13.8 Å². The van der Waals surface area contributed by atoms with E-state index < -0.39 is 0 Å². The number of aromatic amines is 1. The molecule has 27 heavy (non-hydrogen) atoms. The summed E-state index contributed by atoms with van der Waals surface area (Å²) in [5, 5.41) is 5.65. The van der Waals surface area contributed by atoms with Crippen LogP contribution in [-0.2, 0) is 0 Å². The predicted octanol–water partition coefficient (Wildman–Crippen LogP) is 4.58. The summed E-state index contributed by atoms with van der Waals surface area (Å²) >= 11 is 1.53. The van der Waals surface area contributed by atoms with E-state index in [1.807, 2.05) is 24.3 Å². The highest BCUT2D eigenvalue weighted by molar-refractivity contribution is 7.99. The van der Waals surface area contributed by atoms with E-state index in [0.29, 0.717) is 16.2 Å². The van der Waals surface area contributed by atoms with Crippen LogP contribution in [0.3, 0.4) is 0 Å². The maximum absolute atomic E-state index is 12.5. The zero-order valence-electron chi connectivity index (χ0n) is 15.4. The Morgan fingerprint density at radius 3 is 2.59 bits per heavy atom. The molecule has 0 radical (unpaired) electrons. The Bertz CT molecular complexity index is 1160. The first kappa shape index (κ1) is 17.5. The highest BCUT2D eigenvalue weighted by Crippen LogP contribution is 2.32. The largest absolute Gasteiger partial charge is 0.301 e. The summed E-state index contributed by atoms with van der Waals surface area (Å²) in [6, 6.07) is 16.3. The van der Waals surface area contributed by atoms with Crippen LogP contribution in [0.5, 0.6) is 0 Å². The average molecular weight is 376 g/mol. The maximum Gasteiger partial charge on any atom is 0.262 e. The van der Waals surface area contributed by atoms with Crippen LogP contribution in [0.25, 0.3) is 16.7 Å². The number of benzene rings is 2. The van der Waals surface area contributed by atoms with Crippen molar-refractivity contribution in [3.8, 4) is 5.69 Å². The first-order valence-electron chi connectivity index (χ1n) is 8.80. The first-order valence-corrected chi connectivity index (χ1v) is 9.68. The van der Waals surface area contributed by atoms with E-state index in [1.54, 1.807) is 10.9 Å².